The van der Waals surface area contributed by atoms with Gasteiger partial charge in [-0.3, -0.25) is 19.6 Å². The molecule has 8 heteroatoms. The molecule has 7 nitrogen and oxygen atoms in total. The van der Waals surface area contributed by atoms with Gasteiger partial charge in [-0.2, -0.15) is 0 Å². The first-order chi connectivity index (χ1) is 14.9. The van der Waals surface area contributed by atoms with Gasteiger partial charge in [-0.25, -0.2) is 0 Å². The number of carbonyl (C=O) groups excluding carboxylic acids is 1. The Morgan fingerprint density at radius 2 is 2.10 bits per heavy atom. The second-order valence-electron chi connectivity index (χ2n) is 7.77. The molecule has 1 saturated heterocycles. The largest absolute Gasteiger partial charge is 0.508 e. The van der Waals surface area contributed by atoms with Gasteiger partial charge in [0.25, 0.3) is 5.56 Å². The molecule has 160 valence electrons. The third kappa shape index (κ3) is 4.77. The Kier molecular flexibility index (Phi) is 6.04. The minimum atomic E-state index is -0.398. The summed E-state index contributed by atoms with van der Waals surface area (Å²) >= 11 is 6.08. The van der Waals surface area contributed by atoms with Crippen LogP contribution in [0.15, 0.2) is 53.6 Å². The van der Waals surface area contributed by atoms with E-state index in [0.29, 0.717) is 23.7 Å². The van der Waals surface area contributed by atoms with Gasteiger partial charge in [0.2, 0.25) is 5.91 Å². The number of aromatic nitrogens is 3. The van der Waals surface area contributed by atoms with E-state index in [2.05, 4.69) is 4.98 Å². The average Bonchev–Trinajstić information content (AvgIpc) is 3.21. The van der Waals surface area contributed by atoms with Crippen molar-refractivity contribution in [1.82, 2.24) is 19.4 Å². The SMILES string of the molecule is Cc1cc(O)cc(=O)n1CC(=O)N1CCC[C@@H]1c1cncc(Cc2cccc(Cl)c2)n1. The number of likely N-dealkylation sites (tertiary alicyclic amines) is 1. The number of rotatable bonds is 5. The highest BCUT2D eigenvalue weighted by Gasteiger charge is 2.31. The highest BCUT2D eigenvalue weighted by Crippen LogP contribution is 2.31. The Balaban J connectivity index is 1.53. The van der Waals surface area contributed by atoms with Gasteiger partial charge < -0.3 is 14.6 Å². The highest BCUT2D eigenvalue weighted by atomic mass is 35.5. The lowest BCUT2D eigenvalue weighted by Gasteiger charge is -2.25. The Morgan fingerprint density at radius 3 is 2.87 bits per heavy atom. The van der Waals surface area contributed by atoms with Crippen LogP contribution in [0.5, 0.6) is 5.75 Å². The molecule has 1 aliphatic rings. The molecule has 0 radical (unpaired) electrons. The molecule has 3 heterocycles. The standard InChI is InChI=1S/C23H23ClN4O3/c1-15-8-19(29)11-22(30)28(15)14-23(31)27-7-3-6-21(27)20-13-25-12-18(26-20)10-16-4-2-5-17(24)9-16/h2,4-5,8-9,11-13,21,29H,3,6-7,10,14H2,1H3/t21-/m1/s1. The van der Waals surface area contributed by atoms with E-state index in [-0.39, 0.29) is 24.2 Å². The lowest BCUT2D eigenvalue weighted by molar-refractivity contribution is -0.133. The molecule has 0 unspecified atom stereocenters. The molecule has 1 fully saturated rings. The molecule has 31 heavy (non-hydrogen) atoms. The molecular formula is C23H23ClN4O3. The van der Waals surface area contributed by atoms with E-state index in [4.69, 9.17) is 16.6 Å². The van der Waals surface area contributed by atoms with E-state index in [1.165, 1.54) is 10.6 Å². The number of halogens is 1. The maximum Gasteiger partial charge on any atom is 0.254 e. The second-order valence-corrected chi connectivity index (χ2v) is 8.20. The molecule has 1 N–H and O–H groups in total. The zero-order chi connectivity index (χ0) is 22.0. The number of nitrogens with zero attached hydrogens (tertiary/aromatic N) is 4. The monoisotopic (exact) mass is 438 g/mol. The molecule has 4 rings (SSSR count). The molecule has 1 aliphatic heterocycles. The van der Waals surface area contributed by atoms with Crippen molar-refractivity contribution in [3.8, 4) is 5.75 Å². The Labute approximate surface area is 185 Å². The summed E-state index contributed by atoms with van der Waals surface area (Å²) in [6.45, 7) is 2.23. The van der Waals surface area contributed by atoms with E-state index in [1.807, 2.05) is 24.3 Å². The maximum atomic E-state index is 13.0. The Morgan fingerprint density at radius 1 is 1.26 bits per heavy atom. The number of benzene rings is 1. The number of hydrogen-bond donors (Lipinski definition) is 1. The second kappa shape index (κ2) is 8.89. The van der Waals surface area contributed by atoms with E-state index in [1.54, 1.807) is 24.2 Å². The summed E-state index contributed by atoms with van der Waals surface area (Å²) in [6, 6.07) is 10.0. The summed E-state index contributed by atoms with van der Waals surface area (Å²) < 4.78 is 1.37. The van der Waals surface area contributed by atoms with Gasteiger partial charge >= 0.3 is 0 Å². The van der Waals surface area contributed by atoms with Crippen LogP contribution >= 0.6 is 11.6 Å². The summed E-state index contributed by atoms with van der Waals surface area (Å²) in [5.41, 5.74) is 2.74. The number of carbonyl (C=O) groups is 1. The fraction of sp³-hybridized carbons (Fsp3) is 0.304. The van der Waals surface area contributed by atoms with Crippen molar-refractivity contribution in [3.05, 3.63) is 86.8 Å². The Bertz CT molecular complexity index is 1180. The van der Waals surface area contributed by atoms with Gasteiger partial charge in [-0.1, -0.05) is 23.7 Å². The molecule has 1 atom stereocenters. The fourth-order valence-corrected chi connectivity index (χ4v) is 4.25. The third-order valence-corrected chi connectivity index (χ3v) is 5.74. The molecular weight excluding hydrogens is 416 g/mol. The van der Waals surface area contributed by atoms with Crippen molar-refractivity contribution in [1.29, 1.82) is 0 Å². The van der Waals surface area contributed by atoms with Crippen LogP contribution in [0.3, 0.4) is 0 Å². The van der Waals surface area contributed by atoms with Crippen molar-refractivity contribution in [2.24, 2.45) is 0 Å². The van der Waals surface area contributed by atoms with E-state index >= 15 is 0 Å². The van der Waals surface area contributed by atoms with Crippen LogP contribution in [0.4, 0.5) is 0 Å². The quantitative estimate of drug-likeness (QED) is 0.660. The predicted molar refractivity (Wildman–Crippen MR) is 117 cm³/mol. The van der Waals surface area contributed by atoms with E-state index in [0.717, 1.165) is 35.9 Å². The van der Waals surface area contributed by atoms with Crippen molar-refractivity contribution in [3.63, 3.8) is 0 Å². The van der Waals surface area contributed by atoms with Gasteiger partial charge in [0.15, 0.2) is 0 Å². The average molecular weight is 439 g/mol. The van der Waals surface area contributed by atoms with Gasteiger partial charge in [0, 0.05) is 35.9 Å². The maximum absolute atomic E-state index is 13.0. The topological polar surface area (TPSA) is 88.3 Å². The highest BCUT2D eigenvalue weighted by molar-refractivity contribution is 6.30. The summed E-state index contributed by atoms with van der Waals surface area (Å²) in [4.78, 5) is 36.1. The first-order valence-corrected chi connectivity index (χ1v) is 10.5. The van der Waals surface area contributed by atoms with Crippen LogP contribution in [-0.2, 0) is 17.8 Å². The summed E-state index contributed by atoms with van der Waals surface area (Å²) in [5, 5.41) is 10.2. The van der Waals surface area contributed by atoms with Gasteiger partial charge in [0.05, 0.1) is 23.6 Å². The first-order valence-electron chi connectivity index (χ1n) is 10.2. The Hall–Kier alpha value is -3.19. The van der Waals surface area contributed by atoms with E-state index in [9.17, 15) is 14.7 Å². The van der Waals surface area contributed by atoms with Crippen molar-refractivity contribution < 1.29 is 9.90 Å². The fourth-order valence-electron chi connectivity index (χ4n) is 4.04. The van der Waals surface area contributed by atoms with Gasteiger partial charge in [0.1, 0.15) is 12.3 Å². The smallest absolute Gasteiger partial charge is 0.254 e. The van der Waals surface area contributed by atoms with Crippen LogP contribution in [0.25, 0.3) is 0 Å². The first kappa shape index (κ1) is 21.1. The van der Waals surface area contributed by atoms with Crippen molar-refractivity contribution in [2.45, 2.75) is 38.8 Å². The molecule has 0 bridgehead atoms. The number of hydrogen-bond acceptors (Lipinski definition) is 5. The molecule has 1 aromatic carbocycles. The van der Waals surface area contributed by atoms with Crippen LogP contribution in [0.2, 0.25) is 5.02 Å². The molecule has 0 spiro atoms. The van der Waals surface area contributed by atoms with Crippen LogP contribution in [-0.4, -0.2) is 37.0 Å². The number of amides is 1. The zero-order valence-corrected chi connectivity index (χ0v) is 17.9. The zero-order valence-electron chi connectivity index (χ0n) is 17.2. The minimum absolute atomic E-state index is 0.0723. The number of aryl methyl sites for hydroxylation is 1. The molecule has 1 amide bonds. The number of pyridine rings is 1. The predicted octanol–water partition coefficient (Wildman–Crippen LogP) is 3.26. The normalized spacial score (nSPS) is 15.9. The van der Waals surface area contributed by atoms with Crippen molar-refractivity contribution in [2.75, 3.05) is 6.54 Å². The van der Waals surface area contributed by atoms with Crippen LogP contribution < -0.4 is 5.56 Å². The summed E-state index contributed by atoms with van der Waals surface area (Å²) in [7, 11) is 0. The van der Waals surface area contributed by atoms with E-state index < -0.39 is 5.56 Å². The molecule has 0 saturated carbocycles. The molecule has 2 aromatic heterocycles. The van der Waals surface area contributed by atoms with Gasteiger partial charge in [-0.05, 0) is 43.5 Å². The van der Waals surface area contributed by atoms with Crippen LogP contribution in [0.1, 0.15) is 41.5 Å². The summed E-state index contributed by atoms with van der Waals surface area (Å²) in [5.74, 6) is -0.252. The number of aromatic hydroxyl groups is 1. The van der Waals surface area contributed by atoms with Crippen molar-refractivity contribution >= 4 is 17.5 Å². The minimum Gasteiger partial charge on any atom is -0.508 e. The third-order valence-electron chi connectivity index (χ3n) is 5.51. The molecule has 0 aliphatic carbocycles. The molecule has 3 aromatic rings. The lowest BCUT2D eigenvalue weighted by Crippen LogP contribution is -2.37. The lowest BCUT2D eigenvalue weighted by atomic mass is 10.1. The van der Waals surface area contributed by atoms with Gasteiger partial charge in [-0.15, -0.1) is 0 Å². The van der Waals surface area contributed by atoms with Crippen LogP contribution in [0, 0.1) is 6.92 Å². The summed E-state index contributed by atoms with van der Waals surface area (Å²) in [6.07, 6.45) is 5.69.